The molecule has 0 aromatic rings. The van der Waals surface area contributed by atoms with E-state index in [4.69, 9.17) is 0 Å². The number of alkyl halides is 3. The second-order valence-corrected chi connectivity index (χ2v) is 1.50. The molecule has 0 fully saturated rings. The molecule has 0 aromatic carbocycles. The lowest BCUT2D eigenvalue weighted by Crippen LogP contribution is -2.27. The minimum absolute atomic E-state index is 0.668. The second kappa shape index (κ2) is 3.29. The van der Waals surface area contributed by atoms with E-state index in [9.17, 15) is 13.2 Å². The molecule has 0 saturated carbocycles. The van der Waals surface area contributed by atoms with Gasteiger partial charge >= 0.3 is 6.18 Å². The van der Waals surface area contributed by atoms with E-state index >= 15 is 0 Å². The Morgan fingerprint density at radius 1 is 1.30 bits per heavy atom. The van der Waals surface area contributed by atoms with Crippen molar-refractivity contribution in [1.82, 2.24) is 0 Å². The molecule has 10 heavy (non-hydrogen) atoms. The summed E-state index contributed by atoms with van der Waals surface area (Å²) >= 11 is 0. The number of hydrogen-bond acceptors (Lipinski definition) is 1. The van der Waals surface area contributed by atoms with E-state index in [0.717, 1.165) is 6.26 Å². The summed E-state index contributed by atoms with van der Waals surface area (Å²) in [6.07, 6.45) is -4.93. The van der Waals surface area contributed by atoms with Crippen LogP contribution in [0.2, 0.25) is 0 Å². The van der Waals surface area contributed by atoms with Gasteiger partial charge in [0.1, 0.15) is 0 Å². The van der Waals surface area contributed by atoms with Gasteiger partial charge in [-0.1, -0.05) is 13.2 Å². The van der Waals surface area contributed by atoms with Crippen molar-refractivity contribution in [2.45, 2.75) is 12.3 Å². The van der Waals surface area contributed by atoms with E-state index in [0.29, 0.717) is 6.08 Å². The van der Waals surface area contributed by atoms with Crippen molar-refractivity contribution in [1.29, 1.82) is 0 Å². The molecule has 1 nitrogen and oxygen atoms in total. The molecule has 0 aromatic heterocycles. The maximum Gasteiger partial charge on any atom is 0.429 e. The summed E-state index contributed by atoms with van der Waals surface area (Å²) in [5, 5.41) is 0. The zero-order valence-corrected chi connectivity index (χ0v) is 5.19. The van der Waals surface area contributed by atoms with Crippen molar-refractivity contribution in [3.8, 4) is 0 Å². The summed E-state index contributed by atoms with van der Waals surface area (Å²) < 4.78 is 39.1. The van der Waals surface area contributed by atoms with Gasteiger partial charge in [-0.05, 0) is 6.08 Å². The van der Waals surface area contributed by atoms with E-state index in [1.807, 2.05) is 0 Å². The molecular formula is C6H7F3O. The number of hydrogen-bond donors (Lipinski definition) is 0. The van der Waals surface area contributed by atoms with Gasteiger partial charge in [0.15, 0.2) is 0 Å². The first kappa shape index (κ1) is 9.07. The van der Waals surface area contributed by atoms with Crippen LogP contribution in [0.15, 0.2) is 25.5 Å². The molecule has 4 heteroatoms. The van der Waals surface area contributed by atoms with Gasteiger partial charge in [0.25, 0.3) is 0 Å². The monoisotopic (exact) mass is 152 g/mol. The molecule has 0 radical (unpaired) electrons. The summed E-state index contributed by atoms with van der Waals surface area (Å²) in [4.78, 5) is 0. The van der Waals surface area contributed by atoms with Crippen LogP contribution in [-0.4, -0.2) is 12.3 Å². The zero-order chi connectivity index (χ0) is 8.20. The molecule has 1 atom stereocenters. The lowest BCUT2D eigenvalue weighted by atomic mass is 10.3. The molecule has 0 saturated heterocycles. The topological polar surface area (TPSA) is 9.23 Å². The first-order valence-electron chi connectivity index (χ1n) is 2.48. The molecule has 0 amide bonds. The SMILES string of the molecule is C=COC(C=C)C(F)(F)F. The fourth-order valence-electron chi connectivity index (χ4n) is 0.370. The highest BCUT2D eigenvalue weighted by molar-refractivity contribution is 4.87. The quantitative estimate of drug-likeness (QED) is 0.445. The zero-order valence-electron chi connectivity index (χ0n) is 5.19. The highest BCUT2D eigenvalue weighted by Gasteiger charge is 2.38. The molecule has 0 aliphatic carbocycles. The summed E-state index contributed by atoms with van der Waals surface area (Å²) in [5.41, 5.74) is 0. The summed E-state index contributed by atoms with van der Waals surface area (Å²) in [5.74, 6) is 0. The number of ether oxygens (including phenoxy) is 1. The highest BCUT2D eigenvalue weighted by atomic mass is 19.4. The predicted octanol–water partition coefficient (Wildman–Crippen LogP) is 2.26. The van der Waals surface area contributed by atoms with E-state index in [1.54, 1.807) is 0 Å². The third-order valence-corrected chi connectivity index (χ3v) is 0.780. The third-order valence-electron chi connectivity index (χ3n) is 0.780. The Balaban J connectivity index is 4.05. The van der Waals surface area contributed by atoms with Crippen LogP contribution in [0.4, 0.5) is 13.2 Å². The predicted molar refractivity (Wildman–Crippen MR) is 31.3 cm³/mol. The Labute approximate surface area is 56.8 Å². The van der Waals surface area contributed by atoms with Gasteiger partial charge in [-0.25, -0.2) is 0 Å². The molecule has 0 heterocycles. The molecular weight excluding hydrogens is 145 g/mol. The Morgan fingerprint density at radius 3 is 1.90 bits per heavy atom. The van der Waals surface area contributed by atoms with Crippen molar-refractivity contribution in [3.05, 3.63) is 25.5 Å². The molecule has 0 spiro atoms. The normalized spacial score (nSPS) is 13.9. The number of halogens is 3. The molecule has 0 N–H and O–H groups in total. The molecule has 58 valence electrons. The fraction of sp³-hybridized carbons (Fsp3) is 0.333. The Morgan fingerprint density at radius 2 is 1.80 bits per heavy atom. The van der Waals surface area contributed by atoms with E-state index in [1.165, 1.54) is 0 Å². The molecule has 0 bridgehead atoms. The van der Waals surface area contributed by atoms with Crippen molar-refractivity contribution in [3.63, 3.8) is 0 Å². The average molecular weight is 152 g/mol. The average Bonchev–Trinajstić information content (AvgIpc) is 1.80. The Kier molecular flexibility index (Phi) is 2.99. The van der Waals surface area contributed by atoms with Crippen LogP contribution in [-0.2, 0) is 4.74 Å². The van der Waals surface area contributed by atoms with Gasteiger partial charge in [-0.2, -0.15) is 13.2 Å². The lowest BCUT2D eigenvalue weighted by Gasteiger charge is -2.14. The minimum Gasteiger partial charge on any atom is -0.485 e. The number of rotatable bonds is 3. The van der Waals surface area contributed by atoms with E-state index < -0.39 is 12.3 Å². The van der Waals surface area contributed by atoms with Gasteiger partial charge in [0.2, 0.25) is 6.10 Å². The smallest absolute Gasteiger partial charge is 0.429 e. The van der Waals surface area contributed by atoms with Gasteiger partial charge in [0, 0.05) is 0 Å². The fourth-order valence-corrected chi connectivity index (χ4v) is 0.370. The van der Waals surface area contributed by atoms with Crippen LogP contribution in [0.3, 0.4) is 0 Å². The third kappa shape index (κ3) is 2.57. The first-order chi connectivity index (χ1) is 4.52. The summed E-state index contributed by atoms with van der Waals surface area (Å²) in [6, 6.07) is 0. The van der Waals surface area contributed by atoms with Crippen molar-refractivity contribution in [2.75, 3.05) is 0 Å². The first-order valence-corrected chi connectivity index (χ1v) is 2.48. The molecule has 0 rings (SSSR count). The summed E-state index contributed by atoms with van der Waals surface area (Å²) in [6.45, 7) is 5.95. The molecule has 1 unspecified atom stereocenters. The van der Waals surface area contributed by atoms with Crippen LogP contribution >= 0.6 is 0 Å². The van der Waals surface area contributed by atoms with Crippen LogP contribution in [0, 0.1) is 0 Å². The maximum atomic E-state index is 11.7. The van der Waals surface area contributed by atoms with Crippen molar-refractivity contribution >= 4 is 0 Å². The minimum atomic E-state index is -4.39. The molecule has 0 aliphatic rings. The van der Waals surface area contributed by atoms with Crippen LogP contribution in [0.25, 0.3) is 0 Å². The largest absolute Gasteiger partial charge is 0.485 e. The van der Waals surface area contributed by atoms with Crippen molar-refractivity contribution in [2.24, 2.45) is 0 Å². The van der Waals surface area contributed by atoms with Gasteiger partial charge in [0.05, 0.1) is 6.26 Å². The summed E-state index contributed by atoms with van der Waals surface area (Å²) in [7, 11) is 0. The van der Waals surface area contributed by atoms with Gasteiger partial charge in [-0.15, -0.1) is 0 Å². The van der Waals surface area contributed by atoms with Crippen LogP contribution in [0.5, 0.6) is 0 Å². The van der Waals surface area contributed by atoms with Crippen LogP contribution < -0.4 is 0 Å². The second-order valence-electron chi connectivity index (χ2n) is 1.50. The van der Waals surface area contributed by atoms with E-state index in [-0.39, 0.29) is 0 Å². The Bertz CT molecular complexity index is 127. The van der Waals surface area contributed by atoms with Gasteiger partial charge < -0.3 is 4.74 Å². The van der Waals surface area contributed by atoms with Crippen LogP contribution in [0.1, 0.15) is 0 Å². The van der Waals surface area contributed by atoms with Crippen molar-refractivity contribution < 1.29 is 17.9 Å². The lowest BCUT2D eigenvalue weighted by molar-refractivity contribution is -0.189. The van der Waals surface area contributed by atoms with E-state index in [2.05, 4.69) is 17.9 Å². The standard InChI is InChI=1S/C6H7F3O/c1-3-5(10-4-2)6(7,8)9/h3-5H,1-2H2. The maximum absolute atomic E-state index is 11.7. The Hall–Kier alpha value is -0.930. The van der Waals surface area contributed by atoms with Gasteiger partial charge in [-0.3, -0.25) is 0 Å². The highest BCUT2D eigenvalue weighted by Crippen LogP contribution is 2.23. The molecule has 0 aliphatic heterocycles.